The van der Waals surface area contributed by atoms with E-state index in [0.717, 1.165) is 40.2 Å². The summed E-state index contributed by atoms with van der Waals surface area (Å²) < 4.78 is 18.1. The maximum atomic E-state index is 5.86. The number of likely N-dealkylation sites (N-methyl/N-ethyl adjacent to an activating group) is 1. The Hall–Kier alpha value is -2.66. The van der Waals surface area contributed by atoms with E-state index in [-0.39, 0.29) is 12.8 Å². The lowest BCUT2D eigenvalue weighted by atomic mass is 9.85. The maximum Gasteiger partial charge on any atom is 0.231 e. The van der Waals surface area contributed by atoms with E-state index in [4.69, 9.17) is 14.2 Å². The van der Waals surface area contributed by atoms with Crippen LogP contribution in [-0.4, -0.2) is 44.0 Å². The van der Waals surface area contributed by atoms with Gasteiger partial charge in [0, 0.05) is 29.1 Å². The third kappa shape index (κ3) is 2.07. The largest absolute Gasteiger partial charge is 0.492 e. The number of fused-ring (bicyclic) bond motifs is 3. The number of hydrogen-bond acceptors (Lipinski definition) is 3. The van der Waals surface area contributed by atoms with Gasteiger partial charge in [-0.3, -0.25) is 0 Å². The molecule has 0 bridgehead atoms. The smallest absolute Gasteiger partial charge is 0.231 e. The average molecular weight is 351 g/mol. The van der Waals surface area contributed by atoms with Crippen molar-refractivity contribution in [2.75, 3.05) is 34.5 Å². The molecule has 5 heteroatoms. The second kappa shape index (κ2) is 5.42. The van der Waals surface area contributed by atoms with Crippen molar-refractivity contribution < 1.29 is 18.7 Å². The Morgan fingerprint density at radius 1 is 1.19 bits per heavy atom. The van der Waals surface area contributed by atoms with Crippen LogP contribution in [-0.2, 0) is 6.42 Å². The van der Waals surface area contributed by atoms with Gasteiger partial charge in [-0.25, -0.2) is 0 Å². The SMILES string of the molecule is COc1c2c(cc3c1C(c1c[nH]c4ccccc14)[N+](C)(C)CC3)OCO2. The number of aromatic amines is 1. The first-order chi connectivity index (χ1) is 12.6. The molecular weight excluding hydrogens is 328 g/mol. The zero-order valence-corrected chi connectivity index (χ0v) is 15.3. The summed E-state index contributed by atoms with van der Waals surface area (Å²) in [5, 5.41) is 1.26. The first-order valence-electron chi connectivity index (χ1n) is 8.98. The fraction of sp³-hybridized carbons (Fsp3) is 0.333. The molecule has 5 rings (SSSR count). The Bertz CT molecular complexity index is 1010. The zero-order valence-electron chi connectivity index (χ0n) is 15.3. The molecule has 5 nitrogen and oxygen atoms in total. The van der Waals surface area contributed by atoms with Crippen molar-refractivity contribution in [3.63, 3.8) is 0 Å². The molecule has 2 aromatic carbocycles. The summed E-state index contributed by atoms with van der Waals surface area (Å²) in [5.74, 6) is 2.35. The Morgan fingerprint density at radius 2 is 2.04 bits per heavy atom. The second-order valence-electron chi connectivity index (χ2n) is 7.66. The number of nitrogens with one attached hydrogen (secondary N) is 1. The molecule has 0 amide bonds. The van der Waals surface area contributed by atoms with Crippen LogP contribution in [0.5, 0.6) is 17.2 Å². The molecule has 3 heterocycles. The Labute approximate surface area is 152 Å². The Balaban J connectivity index is 1.81. The van der Waals surface area contributed by atoms with Crippen LogP contribution in [0.15, 0.2) is 36.5 Å². The van der Waals surface area contributed by atoms with Gasteiger partial charge in [0.25, 0.3) is 0 Å². The van der Waals surface area contributed by atoms with Crippen LogP contribution in [0.4, 0.5) is 0 Å². The van der Waals surface area contributed by atoms with Gasteiger partial charge in [0.2, 0.25) is 12.5 Å². The van der Waals surface area contributed by atoms with E-state index in [1.807, 2.05) is 0 Å². The lowest BCUT2D eigenvalue weighted by Crippen LogP contribution is -2.48. The molecule has 1 N–H and O–H groups in total. The predicted octanol–water partition coefficient (Wildman–Crippen LogP) is 3.63. The number of rotatable bonds is 2. The number of benzene rings is 2. The molecule has 1 unspecified atom stereocenters. The molecule has 0 saturated carbocycles. The van der Waals surface area contributed by atoms with E-state index in [1.54, 1.807) is 7.11 Å². The molecule has 134 valence electrons. The van der Waals surface area contributed by atoms with Gasteiger partial charge in [-0.2, -0.15) is 0 Å². The minimum Gasteiger partial charge on any atom is -0.492 e. The fourth-order valence-corrected chi connectivity index (χ4v) is 4.53. The molecule has 1 aromatic heterocycles. The standard InChI is InChI=1S/C21H23N2O3/c1-23(2)9-8-13-10-17-20(26-12-25-17)21(24-3)18(13)19(23)15-11-22-16-7-5-4-6-14(15)16/h4-7,10-11,19,22H,8-9,12H2,1-3H3/q+1. The highest BCUT2D eigenvalue weighted by Gasteiger charge is 2.43. The fourth-order valence-electron chi connectivity index (χ4n) is 4.53. The normalized spacial score (nSPS) is 20.2. The molecule has 3 aromatic rings. The van der Waals surface area contributed by atoms with Crippen LogP contribution in [0.2, 0.25) is 0 Å². The van der Waals surface area contributed by atoms with Crippen LogP contribution in [0.25, 0.3) is 10.9 Å². The number of H-pyrrole nitrogens is 1. The summed E-state index contributed by atoms with van der Waals surface area (Å²) in [6, 6.07) is 10.8. The van der Waals surface area contributed by atoms with E-state index < -0.39 is 0 Å². The summed E-state index contributed by atoms with van der Waals surface area (Å²) in [5.41, 5.74) is 4.97. The highest BCUT2D eigenvalue weighted by Crippen LogP contribution is 2.52. The lowest BCUT2D eigenvalue weighted by molar-refractivity contribution is -0.917. The number of nitrogens with zero attached hydrogens (tertiary/aromatic N) is 1. The van der Waals surface area contributed by atoms with Crippen molar-refractivity contribution in [3.8, 4) is 17.2 Å². The van der Waals surface area contributed by atoms with E-state index in [1.165, 1.54) is 22.1 Å². The summed E-state index contributed by atoms with van der Waals surface area (Å²) >= 11 is 0. The number of hydrogen-bond donors (Lipinski definition) is 1. The minimum atomic E-state index is 0.166. The van der Waals surface area contributed by atoms with Gasteiger partial charge >= 0.3 is 0 Å². The summed E-state index contributed by atoms with van der Waals surface area (Å²) in [6.07, 6.45) is 3.14. The molecular formula is C21H23N2O3+. The molecule has 0 radical (unpaired) electrons. The van der Waals surface area contributed by atoms with Gasteiger partial charge in [-0.05, 0) is 17.7 Å². The first kappa shape index (κ1) is 15.6. The van der Waals surface area contributed by atoms with E-state index in [2.05, 4.69) is 55.6 Å². The van der Waals surface area contributed by atoms with E-state index in [9.17, 15) is 0 Å². The van der Waals surface area contributed by atoms with E-state index >= 15 is 0 Å². The number of aromatic nitrogens is 1. The minimum absolute atomic E-state index is 0.166. The molecule has 26 heavy (non-hydrogen) atoms. The maximum absolute atomic E-state index is 5.86. The molecule has 0 fully saturated rings. The van der Waals surface area contributed by atoms with Crippen LogP contribution >= 0.6 is 0 Å². The summed E-state index contributed by atoms with van der Waals surface area (Å²) in [7, 11) is 6.30. The van der Waals surface area contributed by atoms with Crippen molar-refractivity contribution in [2.45, 2.75) is 12.5 Å². The number of methoxy groups -OCH3 is 1. The number of para-hydroxylation sites is 1. The molecule has 0 spiro atoms. The van der Waals surface area contributed by atoms with Gasteiger partial charge in [0.15, 0.2) is 11.5 Å². The molecule has 1 atom stereocenters. The molecule has 2 aliphatic heterocycles. The number of ether oxygens (including phenoxy) is 3. The van der Waals surface area contributed by atoms with Crippen LogP contribution < -0.4 is 14.2 Å². The third-order valence-electron chi connectivity index (χ3n) is 5.79. The quantitative estimate of drug-likeness (QED) is 0.717. The van der Waals surface area contributed by atoms with Crippen LogP contribution in [0.3, 0.4) is 0 Å². The van der Waals surface area contributed by atoms with Gasteiger partial charge in [-0.15, -0.1) is 0 Å². The van der Waals surface area contributed by atoms with Crippen molar-refractivity contribution in [2.24, 2.45) is 0 Å². The predicted molar refractivity (Wildman–Crippen MR) is 99.9 cm³/mol. The molecule has 2 aliphatic rings. The highest BCUT2D eigenvalue weighted by molar-refractivity contribution is 5.84. The summed E-state index contributed by atoms with van der Waals surface area (Å²) in [4.78, 5) is 3.44. The Kier molecular flexibility index (Phi) is 3.25. The summed E-state index contributed by atoms with van der Waals surface area (Å²) in [6.45, 7) is 1.31. The van der Waals surface area contributed by atoms with Gasteiger partial charge in [0.1, 0.15) is 6.04 Å². The zero-order chi connectivity index (χ0) is 17.9. The highest BCUT2D eigenvalue weighted by atomic mass is 16.7. The van der Waals surface area contributed by atoms with E-state index in [0.29, 0.717) is 0 Å². The topological polar surface area (TPSA) is 43.5 Å². The average Bonchev–Trinajstić information content (AvgIpc) is 3.26. The van der Waals surface area contributed by atoms with Gasteiger partial charge in [-0.1, -0.05) is 18.2 Å². The van der Waals surface area contributed by atoms with Crippen LogP contribution in [0, 0.1) is 0 Å². The van der Waals surface area contributed by atoms with Crippen molar-refractivity contribution >= 4 is 10.9 Å². The first-order valence-corrected chi connectivity index (χ1v) is 8.98. The second-order valence-corrected chi connectivity index (χ2v) is 7.66. The number of quaternary nitrogens is 1. The lowest BCUT2D eigenvalue weighted by Gasteiger charge is -2.43. The van der Waals surface area contributed by atoms with Crippen LogP contribution in [0.1, 0.15) is 22.7 Å². The monoisotopic (exact) mass is 351 g/mol. The third-order valence-corrected chi connectivity index (χ3v) is 5.79. The van der Waals surface area contributed by atoms with Crippen molar-refractivity contribution in [3.05, 3.63) is 53.2 Å². The van der Waals surface area contributed by atoms with Gasteiger partial charge in [0.05, 0.1) is 33.3 Å². The molecule has 0 saturated heterocycles. The van der Waals surface area contributed by atoms with Crippen molar-refractivity contribution in [1.82, 2.24) is 4.98 Å². The van der Waals surface area contributed by atoms with Crippen molar-refractivity contribution in [1.29, 1.82) is 0 Å². The van der Waals surface area contributed by atoms with Gasteiger partial charge < -0.3 is 23.7 Å². The molecule has 0 aliphatic carbocycles. The Morgan fingerprint density at radius 3 is 2.88 bits per heavy atom.